The molecule has 1 amide bonds. The smallest absolute Gasteiger partial charge is 0.254 e. The van der Waals surface area contributed by atoms with Gasteiger partial charge in [0.25, 0.3) is 5.91 Å². The molecule has 33 heavy (non-hydrogen) atoms. The molecule has 2 aromatic carbocycles. The topological polar surface area (TPSA) is 65.8 Å². The predicted molar refractivity (Wildman–Crippen MR) is 123 cm³/mol. The molecule has 0 radical (unpaired) electrons. The summed E-state index contributed by atoms with van der Waals surface area (Å²) in [5, 5.41) is 9.50. The number of carbonyl (C=O) groups excluding carboxylic acids is 1. The van der Waals surface area contributed by atoms with Gasteiger partial charge in [0, 0.05) is 37.0 Å². The Morgan fingerprint density at radius 2 is 1.82 bits per heavy atom. The van der Waals surface area contributed by atoms with Crippen molar-refractivity contribution in [2.45, 2.75) is 6.42 Å². The van der Waals surface area contributed by atoms with E-state index in [1.807, 2.05) is 18.2 Å². The van der Waals surface area contributed by atoms with E-state index in [-0.39, 0.29) is 36.0 Å². The molecule has 0 fully saturated rings. The number of aliphatic imine (C=N–C) groups is 1. The summed E-state index contributed by atoms with van der Waals surface area (Å²) in [6.45, 7) is 0.539. The molecule has 2 heterocycles. The lowest BCUT2D eigenvalue weighted by Gasteiger charge is -2.23. The molecule has 3 aromatic rings. The van der Waals surface area contributed by atoms with Gasteiger partial charge >= 0.3 is 0 Å². The highest BCUT2D eigenvalue weighted by Gasteiger charge is 2.25. The first kappa shape index (κ1) is 22.5. The van der Waals surface area contributed by atoms with Crippen LogP contribution in [0.25, 0.3) is 5.57 Å². The van der Waals surface area contributed by atoms with E-state index in [0.29, 0.717) is 25.2 Å². The fourth-order valence-corrected chi connectivity index (χ4v) is 3.78. The molecular weight excluding hydrogens is 424 g/mol. The van der Waals surface area contributed by atoms with Crippen molar-refractivity contribution >= 4 is 17.2 Å². The summed E-state index contributed by atoms with van der Waals surface area (Å²) < 4.78 is 28.2. The second-order valence-electron chi connectivity index (χ2n) is 7.63. The number of aliphatic hydroxyl groups excluding tert-OH is 1. The molecule has 0 spiro atoms. The summed E-state index contributed by atoms with van der Waals surface area (Å²) in [4.78, 5) is 23.6. The van der Waals surface area contributed by atoms with E-state index in [1.54, 1.807) is 30.5 Å². The Kier molecular flexibility index (Phi) is 7.00. The van der Waals surface area contributed by atoms with Crippen molar-refractivity contribution in [3.05, 3.63) is 107 Å². The standard InChI is InChI=1S/C26H23F2N3O2/c27-20-9-7-18(8-10-20)19-16-24(30-17-19)25-22(5-3-6-23(25)28)26(33)31(14-15-32)13-11-21-4-1-2-12-29-21/h1-10,12,16,32H,11,13-15,17H2. The number of nitrogens with zero attached hydrogens (tertiary/aromatic N) is 3. The number of aromatic nitrogens is 1. The van der Waals surface area contributed by atoms with Crippen LogP contribution in [-0.2, 0) is 6.42 Å². The third kappa shape index (κ3) is 5.21. The van der Waals surface area contributed by atoms with Gasteiger partial charge < -0.3 is 10.0 Å². The second-order valence-corrected chi connectivity index (χ2v) is 7.63. The first-order chi connectivity index (χ1) is 16.1. The number of allylic oxidation sites excluding steroid dienone is 1. The zero-order valence-electron chi connectivity index (χ0n) is 17.9. The Bertz CT molecular complexity index is 1190. The molecule has 0 aliphatic carbocycles. The summed E-state index contributed by atoms with van der Waals surface area (Å²) in [5.41, 5.74) is 3.09. The quantitative estimate of drug-likeness (QED) is 0.569. The van der Waals surface area contributed by atoms with E-state index >= 15 is 0 Å². The van der Waals surface area contributed by atoms with Gasteiger partial charge in [-0.25, -0.2) is 8.78 Å². The third-order valence-electron chi connectivity index (χ3n) is 5.47. The maximum absolute atomic E-state index is 15.0. The molecule has 0 unspecified atom stereocenters. The van der Waals surface area contributed by atoms with Crippen LogP contribution in [0.2, 0.25) is 0 Å². The number of hydrogen-bond donors (Lipinski definition) is 1. The molecule has 1 aromatic heterocycles. The largest absolute Gasteiger partial charge is 0.395 e. The molecule has 0 bridgehead atoms. The zero-order chi connectivity index (χ0) is 23.2. The monoisotopic (exact) mass is 447 g/mol. The van der Waals surface area contributed by atoms with Crippen LogP contribution in [0, 0.1) is 11.6 Å². The molecular formula is C26H23F2N3O2. The Morgan fingerprint density at radius 3 is 2.55 bits per heavy atom. The lowest BCUT2D eigenvalue weighted by molar-refractivity contribution is 0.0723. The first-order valence-corrected chi connectivity index (χ1v) is 10.7. The number of amides is 1. The normalized spacial score (nSPS) is 12.9. The number of carbonyl (C=O) groups is 1. The van der Waals surface area contributed by atoms with Crippen LogP contribution in [0.4, 0.5) is 8.78 Å². The van der Waals surface area contributed by atoms with Gasteiger partial charge in [-0.2, -0.15) is 0 Å². The molecule has 1 aliphatic rings. The summed E-state index contributed by atoms with van der Waals surface area (Å²) in [5.74, 6) is -1.28. The van der Waals surface area contributed by atoms with E-state index in [4.69, 9.17) is 0 Å². The van der Waals surface area contributed by atoms with Gasteiger partial charge in [0.15, 0.2) is 0 Å². The van der Waals surface area contributed by atoms with Gasteiger partial charge in [-0.15, -0.1) is 0 Å². The highest BCUT2D eigenvalue weighted by molar-refractivity contribution is 6.19. The lowest BCUT2D eigenvalue weighted by Crippen LogP contribution is -2.36. The highest BCUT2D eigenvalue weighted by Crippen LogP contribution is 2.26. The van der Waals surface area contributed by atoms with Gasteiger partial charge in [-0.3, -0.25) is 14.8 Å². The number of aliphatic hydroxyl groups is 1. The molecule has 0 saturated carbocycles. The van der Waals surface area contributed by atoms with Crippen LogP contribution in [0.3, 0.4) is 0 Å². The third-order valence-corrected chi connectivity index (χ3v) is 5.47. The fourth-order valence-electron chi connectivity index (χ4n) is 3.78. The van der Waals surface area contributed by atoms with Crippen LogP contribution in [0.1, 0.15) is 27.2 Å². The van der Waals surface area contributed by atoms with E-state index in [1.165, 1.54) is 29.2 Å². The molecule has 1 N–H and O–H groups in total. The van der Waals surface area contributed by atoms with Crippen molar-refractivity contribution in [3.63, 3.8) is 0 Å². The average molecular weight is 447 g/mol. The number of pyridine rings is 1. The van der Waals surface area contributed by atoms with Gasteiger partial charge in [0.05, 0.1) is 24.4 Å². The van der Waals surface area contributed by atoms with E-state index in [2.05, 4.69) is 9.98 Å². The van der Waals surface area contributed by atoms with Gasteiger partial charge in [0.2, 0.25) is 0 Å². The summed E-state index contributed by atoms with van der Waals surface area (Å²) >= 11 is 0. The van der Waals surface area contributed by atoms with Crippen LogP contribution in [0.15, 0.2) is 77.9 Å². The second kappa shape index (κ2) is 10.3. The fraction of sp³-hybridized carbons (Fsp3) is 0.192. The van der Waals surface area contributed by atoms with E-state index < -0.39 is 5.82 Å². The summed E-state index contributed by atoms with van der Waals surface area (Å²) in [7, 11) is 0. The Morgan fingerprint density at radius 1 is 1.00 bits per heavy atom. The molecule has 5 nitrogen and oxygen atoms in total. The molecule has 168 valence electrons. The van der Waals surface area contributed by atoms with Crippen LogP contribution in [-0.4, -0.2) is 52.9 Å². The van der Waals surface area contributed by atoms with Crippen LogP contribution in [0.5, 0.6) is 0 Å². The minimum atomic E-state index is -0.551. The van der Waals surface area contributed by atoms with Gasteiger partial charge in [-0.1, -0.05) is 24.3 Å². The van der Waals surface area contributed by atoms with Crippen molar-refractivity contribution < 1.29 is 18.7 Å². The number of halogens is 2. The zero-order valence-corrected chi connectivity index (χ0v) is 17.9. The predicted octanol–water partition coefficient (Wildman–Crippen LogP) is 3.92. The van der Waals surface area contributed by atoms with Crippen molar-refractivity contribution in [2.24, 2.45) is 4.99 Å². The van der Waals surface area contributed by atoms with Crippen LogP contribution >= 0.6 is 0 Å². The Hall–Kier alpha value is -3.71. The summed E-state index contributed by atoms with van der Waals surface area (Å²) in [6, 6.07) is 15.9. The van der Waals surface area contributed by atoms with Crippen molar-refractivity contribution in [1.29, 1.82) is 0 Å². The SMILES string of the molecule is O=C(c1cccc(F)c1C1=NCC(c2ccc(F)cc2)=C1)N(CCO)CCc1ccccn1. The Balaban J connectivity index is 1.61. The minimum Gasteiger partial charge on any atom is -0.395 e. The van der Waals surface area contributed by atoms with Crippen molar-refractivity contribution in [1.82, 2.24) is 9.88 Å². The number of benzene rings is 2. The number of hydrogen-bond acceptors (Lipinski definition) is 4. The molecule has 0 saturated heterocycles. The molecule has 0 atom stereocenters. The first-order valence-electron chi connectivity index (χ1n) is 10.7. The minimum absolute atomic E-state index is 0.116. The highest BCUT2D eigenvalue weighted by atomic mass is 19.1. The summed E-state index contributed by atoms with van der Waals surface area (Å²) in [6.07, 6.45) is 3.92. The van der Waals surface area contributed by atoms with Crippen molar-refractivity contribution in [3.8, 4) is 0 Å². The maximum Gasteiger partial charge on any atom is 0.254 e. The lowest BCUT2D eigenvalue weighted by atomic mass is 9.99. The Labute approximate surface area is 190 Å². The van der Waals surface area contributed by atoms with Crippen molar-refractivity contribution in [2.75, 3.05) is 26.2 Å². The van der Waals surface area contributed by atoms with E-state index in [0.717, 1.165) is 16.8 Å². The van der Waals surface area contributed by atoms with Gasteiger partial charge in [0.1, 0.15) is 11.6 Å². The number of rotatable bonds is 8. The molecule has 4 rings (SSSR count). The average Bonchev–Trinajstić information content (AvgIpc) is 3.32. The molecule has 1 aliphatic heterocycles. The van der Waals surface area contributed by atoms with E-state index in [9.17, 15) is 18.7 Å². The molecule has 7 heteroatoms. The van der Waals surface area contributed by atoms with Crippen LogP contribution < -0.4 is 0 Å². The van der Waals surface area contributed by atoms with Gasteiger partial charge in [-0.05, 0) is 53.6 Å². The maximum atomic E-state index is 15.0.